The van der Waals surface area contributed by atoms with Crippen LogP contribution in [0.5, 0.6) is 0 Å². The molecule has 0 bridgehead atoms. The van der Waals surface area contributed by atoms with Crippen LogP contribution in [0.15, 0.2) is 84.2 Å². The summed E-state index contributed by atoms with van der Waals surface area (Å²) in [6, 6.07) is 24.1. The third-order valence-corrected chi connectivity index (χ3v) is 6.31. The maximum absolute atomic E-state index is 3.54. The van der Waals surface area contributed by atoms with Crippen molar-refractivity contribution in [3.05, 3.63) is 90.3 Å². The van der Waals surface area contributed by atoms with Gasteiger partial charge in [0, 0.05) is 0 Å². The van der Waals surface area contributed by atoms with Crippen LogP contribution in [0.1, 0.15) is 6.42 Å². The standard InChI is InChI=1S/C20H15P.2ClH.Ti/c1-2-9-17(10-3-1)21(18-11-5-6-12-18)20-15-14-16-8-4-7-13-19(16)20;;;/h1-5,7-11,13-15H,6H2;2*1H;/q-2;;;+4/p-2. The van der Waals surface area contributed by atoms with Crippen molar-refractivity contribution < 1.29 is 46.5 Å². The molecule has 0 fully saturated rings. The minimum absolute atomic E-state index is 0. The smallest absolute Gasteiger partial charge is 1.00 e. The summed E-state index contributed by atoms with van der Waals surface area (Å²) in [7, 11) is -0.496. The Balaban J connectivity index is 0.000000960. The quantitative estimate of drug-likeness (QED) is 0.287. The number of halogens is 2. The maximum Gasteiger partial charge on any atom is 4.00 e. The van der Waals surface area contributed by atoms with Crippen molar-refractivity contribution in [3.8, 4) is 0 Å². The van der Waals surface area contributed by atoms with Crippen molar-refractivity contribution in [2.24, 2.45) is 0 Å². The largest absolute Gasteiger partial charge is 4.00 e. The van der Waals surface area contributed by atoms with Crippen LogP contribution in [0.3, 0.4) is 0 Å². The van der Waals surface area contributed by atoms with Gasteiger partial charge in [-0.1, -0.05) is 44.3 Å². The first-order chi connectivity index (χ1) is 10.4. The Morgan fingerprint density at radius 2 is 1.58 bits per heavy atom. The molecule has 1 aliphatic carbocycles. The zero-order valence-electron chi connectivity index (χ0n) is 12.9. The van der Waals surface area contributed by atoms with Crippen LogP contribution in [0.25, 0.3) is 10.8 Å². The first-order valence-electron chi connectivity index (χ1n) is 7.20. The molecule has 1 atom stereocenters. The van der Waals surface area contributed by atoms with Gasteiger partial charge in [-0.25, -0.2) is 6.08 Å². The summed E-state index contributed by atoms with van der Waals surface area (Å²) in [4.78, 5) is 0. The molecule has 3 aromatic carbocycles. The van der Waals surface area contributed by atoms with Crippen molar-refractivity contribution in [1.82, 2.24) is 0 Å². The molecule has 0 aromatic heterocycles. The van der Waals surface area contributed by atoms with E-state index < -0.39 is 7.92 Å². The molecule has 0 saturated heterocycles. The van der Waals surface area contributed by atoms with Gasteiger partial charge in [-0.3, -0.25) is 6.08 Å². The molecule has 4 heteroatoms. The van der Waals surface area contributed by atoms with E-state index in [0.29, 0.717) is 0 Å². The van der Waals surface area contributed by atoms with Crippen molar-refractivity contribution >= 4 is 29.3 Å². The van der Waals surface area contributed by atoms with E-state index in [4.69, 9.17) is 0 Å². The third kappa shape index (κ3) is 4.08. The molecule has 3 aromatic rings. The number of benzene rings is 2. The molecule has 0 heterocycles. The summed E-state index contributed by atoms with van der Waals surface area (Å²) in [5, 5.41) is 6.91. The second kappa shape index (κ2) is 9.66. The van der Waals surface area contributed by atoms with Gasteiger partial charge in [0.1, 0.15) is 0 Å². The number of fused-ring (bicyclic) bond motifs is 1. The zero-order chi connectivity index (χ0) is 14.1. The molecule has 0 spiro atoms. The Bertz CT molecular complexity index is 837. The van der Waals surface area contributed by atoms with E-state index in [2.05, 4.69) is 85.0 Å². The van der Waals surface area contributed by atoms with Gasteiger partial charge in [0.25, 0.3) is 0 Å². The van der Waals surface area contributed by atoms with Gasteiger partial charge < -0.3 is 24.8 Å². The van der Waals surface area contributed by atoms with E-state index in [9.17, 15) is 0 Å². The predicted octanol–water partition coefficient (Wildman–Crippen LogP) is -1.36. The van der Waals surface area contributed by atoms with E-state index in [0.717, 1.165) is 6.42 Å². The summed E-state index contributed by atoms with van der Waals surface area (Å²) in [6.07, 6.45) is 8.94. The van der Waals surface area contributed by atoms with Crippen molar-refractivity contribution in [1.29, 1.82) is 0 Å². The van der Waals surface area contributed by atoms with Crippen LogP contribution in [-0.2, 0) is 21.7 Å². The van der Waals surface area contributed by atoms with Crippen LogP contribution < -0.4 is 35.4 Å². The molecule has 0 amide bonds. The molecule has 4 rings (SSSR count). The number of hydrogen-bond donors (Lipinski definition) is 0. The number of rotatable bonds is 3. The minimum Gasteiger partial charge on any atom is -1.00 e. The second-order valence-electron chi connectivity index (χ2n) is 5.15. The SMILES string of the molecule is [C-]1=C(P(c2ccccc2)[c-]2ccc3ccccc32)C=CC1.[Cl-].[Cl-].[Ti+4]. The molecule has 0 radical (unpaired) electrons. The van der Waals surface area contributed by atoms with Gasteiger partial charge >= 0.3 is 21.7 Å². The number of allylic oxidation sites excluding steroid dienone is 4. The van der Waals surface area contributed by atoms with Crippen LogP contribution in [0, 0.1) is 6.08 Å². The van der Waals surface area contributed by atoms with E-state index in [1.54, 1.807) is 0 Å². The zero-order valence-corrected chi connectivity index (χ0v) is 16.9. The first-order valence-corrected chi connectivity index (χ1v) is 8.54. The van der Waals surface area contributed by atoms with Crippen LogP contribution >= 0.6 is 7.92 Å². The third-order valence-electron chi connectivity index (χ3n) is 3.83. The number of hydrogen-bond acceptors (Lipinski definition) is 0. The summed E-state index contributed by atoms with van der Waals surface area (Å²) < 4.78 is 0. The molecule has 0 saturated carbocycles. The monoisotopic (exact) mass is 404 g/mol. The van der Waals surface area contributed by atoms with Gasteiger partial charge in [0.2, 0.25) is 0 Å². The Kier molecular flexibility index (Phi) is 8.58. The van der Waals surface area contributed by atoms with Crippen molar-refractivity contribution in [2.45, 2.75) is 6.42 Å². The first kappa shape index (κ1) is 21.3. The predicted molar refractivity (Wildman–Crippen MR) is 92.7 cm³/mol. The van der Waals surface area contributed by atoms with E-state index >= 15 is 0 Å². The van der Waals surface area contributed by atoms with Crippen LogP contribution in [-0.4, -0.2) is 0 Å². The van der Waals surface area contributed by atoms with E-state index in [-0.39, 0.29) is 46.5 Å². The van der Waals surface area contributed by atoms with Gasteiger partial charge in [0.05, 0.1) is 0 Å². The van der Waals surface area contributed by atoms with E-state index in [1.165, 1.54) is 26.7 Å². The Labute approximate surface area is 171 Å². The Hall–Kier alpha value is -0.746. The normalized spacial score (nSPS) is 13.4. The molecular formula is C20H15Cl2PTi. The fourth-order valence-electron chi connectivity index (χ4n) is 2.86. The topological polar surface area (TPSA) is 0 Å². The fourth-order valence-corrected chi connectivity index (χ4v) is 5.32. The van der Waals surface area contributed by atoms with Gasteiger partial charge in [-0.05, 0) is 5.30 Å². The van der Waals surface area contributed by atoms with Crippen LogP contribution in [0.2, 0.25) is 0 Å². The second-order valence-corrected chi connectivity index (χ2v) is 7.30. The van der Waals surface area contributed by atoms with Crippen molar-refractivity contribution in [3.63, 3.8) is 0 Å². The molecular weight excluding hydrogens is 390 g/mol. The van der Waals surface area contributed by atoms with Crippen LogP contribution in [0.4, 0.5) is 0 Å². The summed E-state index contributed by atoms with van der Waals surface area (Å²) in [6.45, 7) is 0. The molecule has 1 aliphatic rings. The Morgan fingerprint density at radius 1 is 0.875 bits per heavy atom. The summed E-state index contributed by atoms with van der Waals surface area (Å²) in [5.74, 6) is 0. The molecule has 1 unspecified atom stereocenters. The van der Waals surface area contributed by atoms with Gasteiger partial charge in [0.15, 0.2) is 0 Å². The molecule has 0 N–H and O–H groups in total. The van der Waals surface area contributed by atoms with Crippen molar-refractivity contribution in [2.75, 3.05) is 0 Å². The van der Waals surface area contributed by atoms with E-state index in [1.807, 2.05) is 0 Å². The molecule has 0 aliphatic heterocycles. The maximum atomic E-state index is 3.54. The molecule has 118 valence electrons. The van der Waals surface area contributed by atoms with Gasteiger partial charge in [-0.15, -0.1) is 46.8 Å². The molecule has 24 heavy (non-hydrogen) atoms. The average molecular weight is 405 g/mol. The summed E-state index contributed by atoms with van der Waals surface area (Å²) in [5.41, 5.74) is 0. The average Bonchev–Trinajstić information content (AvgIpc) is 3.20. The fraction of sp³-hybridized carbons (Fsp3) is 0.0500. The van der Waals surface area contributed by atoms with Gasteiger partial charge in [-0.2, -0.15) is 17.5 Å². The minimum atomic E-state index is -0.496. The summed E-state index contributed by atoms with van der Waals surface area (Å²) >= 11 is 0. The Morgan fingerprint density at radius 3 is 2.29 bits per heavy atom. The molecule has 0 nitrogen and oxygen atoms in total.